The van der Waals surface area contributed by atoms with E-state index >= 15 is 0 Å². The smallest absolute Gasteiger partial charge is 0.450 e. The van der Waals surface area contributed by atoms with Crippen LogP contribution in [0.1, 0.15) is 12.8 Å². The van der Waals surface area contributed by atoms with Gasteiger partial charge in [-0.2, -0.15) is 0 Å². The van der Waals surface area contributed by atoms with E-state index in [-0.39, 0.29) is 0 Å². The highest BCUT2D eigenvalue weighted by molar-refractivity contribution is 5.53. The molecule has 1 aliphatic rings. The summed E-state index contributed by atoms with van der Waals surface area (Å²) in [5, 5.41) is 13.9. The molecule has 4 heteroatoms. The molecule has 4 nitrogen and oxygen atoms in total. The molecule has 10 heavy (non-hydrogen) atoms. The summed E-state index contributed by atoms with van der Waals surface area (Å²) in [5.74, 6) is 0. The van der Waals surface area contributed by atoms with E-state index in [9.17, 15) is 0 Å². The van der Waals surface area contributed by atoms with Gasteiger partial charge in [0.05, 0.1) is 0 Å². The van der Waals surface area contributed by atoms with E-state index in [1.807, 2.05) is 0 Å². The molecular weight excluding hydrogens is 134 g/mol. The van der Waals surface area contributed by atoms with Gasteiger partial charge in [0.15, 0.2) is 0 Å². The van der Waals surface area contributed by atoms with Crippen molar-refractivity contribution in [2.45, 2.75) is 18.9 Å². The van der Waals surface area contributed by atoms with Gasteiger partial charge >= 0.3 is 6.16 Å². The quantitative estimate of drug-likeness (QED) is 0.579. The average Bonchev–Trinajstić information content (AvgIpc) is 2.38. The van der Waals surface area contributed by atoms with Crippen LogP contribution in [0, 0.1) is 0 Å². The lowest BCUT2D eigenvalue weighted by atomic mass is 10.6. The second kappa shape index (κ2) is 4.11. The van der Waals surface area contributed by atoms with Gasteiger partial charge in [-0.3, -0.25) is 0 Å². The summed E-state index contributed by atoms with van der Waals surface area (Å²) in [4.78, 5) is 10.8. The number of rotatable bonds is 1. The number of hydrogen-bond acceptors (Lipinski definition) is 2. The molecule has 0 aliphatic heterocycles. The summed E-state index contributed by atoms with van der Waals surface area (Å²) in [6, 6.07) is 0.935. The number of carboxylic acid groups (broad SMARTS) is 2. The van der Waals surface area contributed by atoms with Gasteiger partial charge in [-0.05, 0) is 26.9 Å². The lowest BCUT2D eigenvalue weighted by molar-refractivity contribution is 0.137. The lowest BCUT2D eigenvalue weighted by Crippen LogP contribution is -2.12. The fraction of sp³-hybridized carbons (Fsp3) is 0.833. The highest BCUT2D eigenvalue weighted by Gasteiger charge is 2.22. The SMILES string of the molecule is CN(C)C1CC1.O=C(O)O. The average molecular weight is 147 g/mol. The van der Waals surface area contributed by atoms with Gasteiger partial charge in [-0.1, -0.05) is 0 Å². The van der Waals surface area contributed by atoms with E-state index in [0.29, 0.717) is 0 Å². The molecule has 0 saturated heterocycles. The van der Waals surface area contributed by atoms with Crippen molar-refractivity contribution in [1.29, 1.82) is 0 Å². The summed E-state index contributed by atoms with van der Waals surface area (Å²) in [6.45, 7) is 0. The molecule has 1 saturated carbocycles. The van der Waals surface area contributed by atoms with Crippen molar-refractivity contribution in [3.63, 3.8) is 0 Å². The highest BCUT2D eigenvalue weighted by Crippen LogP contribution is 2.23. The van der Waals surface area contributed by atoms with Crippen molar-refractivity contribution < 1.29 is 15.0 Å². The van der Waals surface area contributed by atoms with Crippen LogP contribution in [0.15, 0.2) is 0 Å². The van der Waals surface area contributed by atoms with Gasteiger partial charge in [0.1, 0.15) is 0 Å². The van der Waals surface area contributed by atoms with Crippen molar-refractivity contribution in [1.82, 2.24) is 4.90 Å². The zero-order valence-corrected chi connectivity index (χ0v) is 6.24. The third-order valence-electron chi connectivity index (χ3n) is 1.28. The minimum Gasteiger partial charge on any atom is -0.450 e. The van der Waals surface area contributed by atoms with E-state index in [4.69, 9.17) is 15.0 Å². The second-order valence-electron chi connectivity index (χ2n) is 2.48. The monoisotopic (exact) mass is 147 g/mol. The van der Waals surface area contributed by atoms with Crippen molar-refractivity contribution >= 4 is 6.16 Å². The largest absolute Gasteiger partial charge is 0.503 e. The van der Waals surface area contributed by atoms with Crippen molar-refractivity contribution in [3.8, 4) is 0 Å². The Kier molecular flexibility index (Phi) is 3.79. The van der Waals surface area contributed by atoms with Crippen LogP contribution in [0.3, 0.4) is 0 Å². The van der Waals surface area contributed by atoms with Crippen molar-refractivity contribution in [2.24, 2.45) is 0 Å². The molecule has 0 amide bonds. The Morgan fingerprint density at radius 1 is 1.40 bits per heavy atom. The van der Waals surface area contributed by atoms with Crippen LogP contribution in [0.2, 0.25) is 0 Å². The Morgan fingerprint density at radius 2 is 1.70 bits per heavy atom. The Hall–Kier alpha value is -0.770. The van der Waals surface area contributed by atoms with Crippen molar-refractivity contribution in [2.75, 3.05) is 14.1 Å². The first-order chi connectivity index (χ1) is 4.54. The maximum atomic E-state index is 8.56. The Morgan fingerprint density at radius 3 is 1.70 bits per heavy atom. The number of nitrogens with zero attached hydrogens (tertiary/aromatic N) is 1. The summed E-state index contributed by atoms with van der Waals surface area (Å²) < 4.78 is 0. The molecule has 1 aliphatic carbocycles. The Balaban J connectivity index is 0.000000180. The van der Waals surface area contributed by atoms with E-state index < -0.39 is 6.16 Å². The summed E-state index contributed by atoms with van der Waals surface area (Å²) in [6.07, 6.45) is 1.01. The molecular formula is C6H13NO3. The molecule has 0 spiro atoms. The molecule has 0 aromatic heterocycles. The first-order valence-electron chi connectivity index (χ1n) is 3.12. The lowest BCUT2D eigenvalue weighted by Gasteiger charge is -2.03. The highest BCUT2D eigenvalue weighted by atomic mass is 16.6. The Labute approximate surface area is 60.1 Å². The number of carbonyl (C=O) groups is 1. The van der Waals surface area contributed by atoms with Crippen LogP contribution in [-0.2, 0) is 0 Å². The van der Waals surface area contributed by atoms with Gasteiger partial charge in [0.25, 0.3) is 0 Å². The normalized spacial score (nSPS) is 15.9. The first-order valence-corrected chi connectivity index (χ1v) is 3.12. The summed E-state index contributed by atoms with van der Waals surface area (Å²) >= 11 is 0. The molecule has 2 N–H and O–H groups in total. The zero-order chi connectivity index (χ0) is 8.15. The molecule has 0 atom stereocenters. The van der Waals surface area contributed by atoms with Gasteiger partial charge in [-0.25, -0.2) is 4.79 Å². The Bertz CT molecular complexity index is 106. The van der Waals surface area contributed by atoms with Crippen molar-refractivity contribution in [3.05, 3.63) is 0 Å². The minimum atomic E-state index is -1.83. The van der Waals surface area contributed by atoms with Gasteiger partial charge < -0.3 is 15.1 Å². The minimum absolute atomic E-state index is 0.935. The molecule has 0 unspecified atom stereocenters. The molecule has 1 rings (SSSR count). The standard InChI is InChI=1S/C5H11N.CH2O3/c1-6(2)5-3-4-5;2-1(3)4/h5H,3-4H2,1-2H3;(H2,2,3,4). The maximum Gasteiger partial charge on any atom is 0.503 e. The molecule has 0 radical (unpaired) electrons. The molecule has 0 aromatic carbocycles. The second-order valence-corrected chi connectivity index (χ2v) is 2.48. The predicted molar refractivity (Wildman–Crippen MR) is 37.4 cm³/mol. The van der Waals surface area contributed by atoms with Gasteiger partial charge in [0, 0.05) is 6.04 Å². The summed E-state index contributed by atoms with van der Waals surface area (Å²) in [7, 11) is 4.27. The summed E-state index contributed by atoms with van der Waals surface area (Å²) in [5.41, 5.74) is 0. The van der Waals surface area contributed by atoms with E-state index in [1.54, 1.807) is 0 Å². The third kappa shape index (κ3) is 7.23. The van der Waals surface area contributed by atoms with Crippen LogP contribution in [0.5, 0.6) is 0 Å². The van der Waals surface area contributed by atoms with Gasteiger partial charge in [-0.15, -0.1) is 0 Å². The van der Waals surface area contributed by atoms with Crippen LogP contribution >= 0.6 is 0 Å². The molecule has 60 valence electrons. The van der Waals surface area contributed by atoms with Crippen LogP contribution < -0.4 is 0 Å². The topological polar surface area (TPSA) is 60.8 Å². The zero-order valence-electron chi connectivity index (χ0n) is 6.24. The molecule has 1 fully saturated rings. The fourth-order valence-electron chi connectivity index (χ4n) is 0.591. The maximum absolute atomic E-state index is 8.56. The van der Waals surface area contributed by atoms with Crippen LogP contribution in [-0.4, -0.2) is 41.4 Å². The fourth-order valence-corrected chi connectivity index (χ4v) is 0.591. The number of hydrogen-bond donors (Lipinski definition) is 2. The van der Waals surface area contributed by atoms with E-state index in [2.05, 4.69) is 19.0 Å². The first kappa shape index (κ1) is 9.23. The van der Waals surface area contributed by atoms with Crippen LogP contribution in [0.25, 0.3) is 0 Å². The van der Waals surface area contributed by atoms with E-state index in [1.165, 1.54) is 12.8 Å². The van der Waals surface area contributed by atoms with Gasteiger partial charge in [0.2, 0.25) is 0 Å². The molecule has 0 aromatic rings. The third-order valence-corrected chi connectivity index (χ3v) is 1.28. The van der Waals surface area contributed by atoms with E-state index in [0.717, 1.165) is 6.04 Å². The predicted octanol–water partition coefficient (Wildman–Crippen LogP) is 0.933. The van der Waals surface area contributed by atoms with Crippen LogP contribution in [0.4, 0.5) is 4.79 Å². The molecule has 0 heterocycles. The molecule has 0 bridgehead atoms.